The van der Waals surface area contributed by atoms with Crippen LogP contribution in [0.1, 0.15) is 49.3 Å². The Morgan fingerprint density at radius 3 is 2.44 bits per heavy atom. The van der Waals surface area contributed by atoms with Gasteiger partial charge in [0.05, 0.1) is 27.9 Å². The molecule has 0 N–H and O–H groups in total. The fourth-order valence-corrected chi connectivity index (χ4v) is 5.58. The molecule has 0 saturated heterocycles. The average molecular weight is 496 g/mol. The van der Waals surface area contributed by atoms with Gasteiger partial charge in [-0.15, -0.1) is 11.8 Å². The van der Waals surface area contributed by atoms with Crippen molar-refractivity contribution in [2.75, 3.05) is 6.26 Å². The van der Waals surface area contributed by atoms with Gasteiger partial charge in [0.15, 0.2) is 4.80 Å². The van der Waals surface area contributed by atoms with Gasteiger partial charge in [-0.1, -0.05) is 23.5 Å². The molecular weight excluding hydrogens is 466 g/mol. The van der Waals surface area contributed by atoms with Gasteiger partial charge in [-0.25, -0.2) is 9.79 Å². The Labute approximate surface area is 207 Å². The smallest absolute Gasteiger partial charge is 0.338 e. The third-order valence-electron chi connectivity index (χ3n) is 6.12. The van der Waals surface area contributed by atoms with Gasteiger partial charge in [-0.05, 0) is 76.3 Å². The Balaban J connectivity index is 1.95. The summed E-state index contributed by atoms with van der Waals surface area (Å²) in [6, 6.07) is 9.43. The standard InChI is InChI=1S/C26H29N3O3S2/c1-14(2)32-25(31)22-16(4)27-26-29(23(22)18-8-10-20(33-7)11-9-18)24(30)21(34-26)13-19-12-15(3)28(6)17(19)5/h8-14,23H,1-7H3. The third kappa shape index (κ3) is 4.32. The molecule has 6 nitrogen and oxygen atoms in total. The van der Waals surface area contributed by atoms with Crippen molar-refractivity contribution in [3.05, 3.63) is 83.8 Å². The highest BCUT2D eigenvalue weighted by atomic mass is 32.2. The molecule has 0 amide bonds. The van der Waals surface area contributed by atoms with E-state index < -0.39 is 12.0 Å². The van der Waals surface area contributed by atoms with Crippen molar-refractivity contribution in [3.8, 4) is 0 Å². The minimum absolute atomic E-state index is 0.161. The van der Waals surface area contributed by atoms with Crippen LogP contribution in [0, 0.1) is 13.8 Å². The zero-order chi connectivity index (χ0) is 24.7. The lowest BCUT2D eigenvalue weighted by Gasteiger charge is -2.25. The van der Waals surface area contributed by atoms with Gasteiger partial charge in [0, 0.05) is 23.3 Å². The zero-order valence-electron chi connectivity index (χ0n) is 20.5. The Hall–Kier alpha value is -2.84. The summed E-state index contributed by atoms with van der Waals surface area (Å²) in [5.74, 6) is -0.445. The van der Waals surface area contributed by atoms with E-state index in [4.69, 9.17) is 4.74 Å². The first-order chi connectivity index (χ1) is 16.1. The van der Waals surface area contributed by atoms with Crippen LogP contribution in [0.2, 0.25) is 0 Å². The molecule has 0 bridgehead atoms. The number of benzene rings is 1. The van der Waals surface area contributed by atoms with Gasteiger partial charge in [0.2, 0.25) is 0 Å². The molecule has 1 aliphatic rings. The van der Waals surface area contributed by atoms with Gasteiger partial charge in [-0.2, -0.15) is 0 Å². The number of nitrogens with zero attached hydrogens (tertiary/aromatic N) is 3. The van der Waals surface area contributed by atoms with E-state index in [2.05, 4.69) is 15.6 Å². The number of ether oxygens (including phenoxy) is 1. The average Bonchev–Trinajstić information content (AvgIpc) is 3.22. The zero-order valence-corrected chi connectivity index (χ0v) is 22.1. The van der Waals surface area contributed by atoms with E-state index in [-0.39, 0.29) is 11.7 Å². The quantitative estimate of drug-likeness (QED) is 0.398. The molecule has 1 aliphatic heterocycles. The van der Waals surface area contributed by atoms with Gasteiger partial charge in [0.25, 0.3) is 5.56 Å². The van der Waals surface area contributed by atoms with Crippen molar-refractivity contribution in [1.82, 2.24) is 9.13 Å². The number of allylic oxidation sites excluding steroid dienone is 1. The molecule has 4 rings (SSSR count). The lowest BCUT2D eigenvalue weighted by molar-refractivity contribution is -0.143. The highest BCUT2D eigenvalue weighted by Gasteiger charge is 2.33. The van der Waals surface area contributed by atoms with Crippen LogP contribution in [-0.2, 0) is 16.6 Å². The van der Waals surface area contributed by atoms with Gasteiger partial charge in [0.1, 0.15) is 0 Å². The number of carbonyl (C=O) groups is 1. The third-order valence-corrected chi connectivity index (χ3v) is 7.84. The number of rotatable bonds is 5. The van der Waals surface area contributed by atoms with Crippen molar-refractivity contribution in [3.63, 3.8) is 0 Å². The molecule has 0 fully saturated rings. The summed E-state index contributed by atoms with van der Waals surface area (Å²) in [4.78, 5) is 33.2. The van der Waals surface area contributed by atoms with Crippen molar-refractivity contribution < 1.29 is 9.53 Å². The molecule has 1 atom stereocenters. The Morgan fingerprint density at radius 1 is 1.21 bits per heavy atom. The number of hydrogen-bond acceptors (Lipinski definition) is 6. The topological polar surface area (TPSA) is 65.6 Å². The highest BCUT2D eigenvalue weighted by Crippen LogP contribution is 2.32. The Bertz CT molecular complexity index is 1470. The lowest BCUT2D eigenvalue weighted by Crippen LogP contribution is -2.40. The van der Waals surface area contributed by atoms with Crippen molar-refractivity contribution >= 4 is 35.1 Å². The van der Waals surface area contributed by atoms with E-state index in [1.165, 1.54) is 11.3 Å². The number of aryl methyl sites for hydroxylation is 1. The molecule has 8 heteroatoms. The van der Waals surface area contributed by atoms with Crippen LogP contribution in [-0.4, -0.2) is 27.5 Å². The predicted octanol–water partition coefficient (Wildman–Crippen LogP) is 3.86. The first-order valence-electron chi connectivity index (χ1n) is 11.1. The van der Waals surface area contributed by atoms with Crippen LogP contribution < -0.4 is 14.9 Å². The van der Waals surface area contributed by atoms with Crippen LogP contribution in [0.4, 0.5) is 0 Å². The number of aromatic nitrogens is 2. The normalized spacial score (nSPS) is 16.1. The predicted molar refractivity (Wildman–Crippen MR) is 138 cm³/mol. The molecule has 2 aromatic heterocycles. The van der Waals surface area contributed by atoms with Crippen molar-refractivity contribution in [2.45, 2.75) is 51.7 Å². The summed E-state index contributed by atoms with van der Waals surface area (Å²) in [5.41, 5.74) is 4.87. The SMILES string of the molecule is CSc1ccc(C2C(C(=O)OC(C)C)=C(C)N=c3sc(=Cc4cc(C)n(C)c4C)c(=O)n32)cc1. The Kier molecular flexibility index (Phi) is 6.73. The number of fused-ring (bicyclic) bond motifs is 1. The van der Waals surface area contributed by atoms with Crippen LogP contribution in [0.5, 0.6) is 0 Å². The molecule has 178 valence electrons. The molecule has 0 saturated carbocycles. The molecule has 3 aromatic rings. The molecule has 34 heavy (non-hydrogen) atoms. The first-order valence-corrected chi connectivity index (χ1v) is 13.2. The number of thioether (sulfide) groups is 1. The molecule has 0 radical (unpaired) electrons. The second-order valence-electron chi connectivity index (χ2n) is 8.69. The highest BCUT2D eigenvalue weighted by molar-refractivity contribution is 7.98. The molecule has 1 aromatic carbocycles. The second kappa shape index (κ2) is 9.43. The molecule has 3 heterocycles. The lowest BCUT2D eigenvalue weighted by atomic mass is 9.96. The molecule has 0 aliphatic carbocycles. The summed E-state index contributed by atoms with van der Waals surface area (Å²) in [7, 11) is 2.01. The minimum atomic E-state index is -0.598. The fourth-order valence-electron chi connectivity index (χ4n) is 4.13. The molecule has 1 unspecified atom stereocenters. The summed E-state index contributed by atoms with van der Waals surface area (Å²) >= 11 is 2.99. The van der Waals surface area contributed by atoms with Gasteiger partial charge < -0.3 is 9.30 Å². The molecule has 0 spiro atoms. The van der Waals surface area contributed by atoms with Crippen LogP contribution in [0.25, 0.3) is 6.08 Å². The first kappa shape index (κ1) is 24.3. The fraction of sp³-hybridized carbons (Fsp3) is 0.346. The van der Waals surface area contributed by atoms with Crippen LogP contribution in [0.3, 0.4) is 0 Å². The van der Waals surface area contributed by atoms with E-state index in [1.54, 1.807) is 16.3 Å². The van der Waals surface area contributed by atoms with Crippen LogP contribution >= 0.6 is 23.1 Å². The van der Waals surface area contributed by atoms with Crippen LogP contribution in [0.15, 0.2) is 56.3 Å². The van der Waals surface area contributed by atoms with E-state index in [0.29, 0.717) is 20.6 Å². The maximum absolute atomic E-state index is 13.7. The van der Waals surface area contributed by atoms with Crippen molar-refractivity contribution in [2.24, 2.45) is 12.0 Å². The van der Waals surface area contributed by atoms with Gasteiger partial charge >= 0.3 is 5.97 Å². The number of carbonyl (C=O) groups excluding carboxylic acids is 1. The maximum atomic E-state index is 13.7. The summed E-state index contributed by atoms with van der Waals surface area (Å²) < 4.78 is 9.89. The van der Waals surface area contributed by atoms with Gasteiger partial charge in [-0.3, -0.25) is 9.36 Å². The number of thiazole rings is 1. The van der Waals surface area contributed by atoms with E-state index in [9.17, 15) is 9.59 Å². The number of hydrogen-bond donors (Lipinski definition) is 0. The summed E-state index contributed by atoms with van der Waals surface area (Å²) in [6.45, 7) is 9.52. The van der Waals surface area contributed by atoms with Crippen molar-refractivity contribution in [1.29, 1.82) is 0 Å². The van der Waals surface area contributed by atoms with E-state index in [1.807, 2.05) is 78.3 Å². The minimum Gasteiger partial charge on any atom is -0.459 e. The van der Waals surface area contributed by atoms with E-state index in [0.717, 1.165) is 27.4 Å². The largest absolute Gasteiger partial charge is 0.459 e. The second-order valence-corrected chi connectivity index (χ2v) is 10.6. The van der Waals surface area contributed by atoms with E-state index >= 15 is 0 Å². The monoisotopic (exact) mass is 495 g/mol. The molecular formula is C26H29N3O3S2. The maximum Gasteiger partial charge on any atom is 0.338 e. The number of esters is 1. The summed E-state index contributed by atoms with van der Waals surface area (Å²) in [6.07, 6.45) is 3.66. The summed E-state index contributed by atoms with van der Waals surface area (Å²) in [5, 5.41) is 0. The Morgan fingerprint density at radius 2 is 1.88 bits per heavy atom.